The molecule has 8 heteroatoms. The Morgan fingerprint density at radius 1 is 1.25 bits per heavy atom. The molecule has 4 rings (SSSR count). The molecule has 0 radical (unpaired) electrons. The van der Waals surface area contributed by atoms with Gasteiger partial charge in [-0.05, 0) is 31.9 Å². The minimum atomic E-state index is 0.495. The Balaban J connectivity index is 1.49. The van der Waals surface area contributed by atoms with Crippen molar-refractivity contribution in [1.82, 2.24) is 29.9 Å². The third-order valence-electron chi connectivity index (χ3n) is 4.15. The molecule has 0 bridgehead atoms. The van der Waals surface area contributed by atoms with Crippen LogP contribution in [0.4, 0.5) is 5.82 Å². The molecular weight excluding hydrogens is 306 g/mol. The lowest BCUT2D eigenvalue weighted by Crippen LogP contribution is -2.10. The van der Waals surface area contributed by atoms with Gasteiger partial charge in [-0.2, -0.15) is 4.98 Å². The fraction of sp³-hybridized carbons (Fsp3) is 0.438. The minimum Gasteiger partial charge on any atom is -0.363 e. The highest BCUT2D eigenvalue weighted by Crippen LogP contribution is 2.20. The first-order valence-electron chi connectivity index (χ1n) is 8.21. The quantitative estimate of drug-likeness (QED) is 0.787. The lowest BCUT2D eigenvalue weighted by molar-refractivity contribution is 0.425. The van der Waals surface area contributed by atoms with E-state index in [4.69, 9.17) is 4.52 Å². The summed E-state index contributed by atoms with van der Waals surface area (Å²) in [6.07, 6.45) is 6.36. The molecule has 0 aliphatic carbocycles. The van der Waals surface area contributed by atoms with Gasteiger partial charge in [-0.25, -0.2) is 4.98 Å². The topological polar surface area (TPSA) is 94.5 Å². The number of anilines is 1. The molecule has 4 heterocycles. The zero-order valence-electron chi connectivity index (χ0n) is 13.6. The average Bonchev–Trinajstić information content (AvgIpc) is 3.13. The van der Waals surface area contributed by atoms with Crippen LogP contribution in [0.5, 0.6) is 0 Å². The molecule has 1 aliphatic rings. The molecule has 0 saturated heterocycles. The second kappa shape index (κ2) is 6.38. The predicted molar refractivity (Wildman–Crippen MR) is 87.2 cm³/mol. The van der Waals surface area contributed by atoms with Gasteiger partial charge in [0.05, 0.1) is 6.54 Å². The van der Waals surface area contributed by atoms with Gasteiger partial charge in [0.1, 0.15) is 11.6 Å². The van der Waals surface area contributed by atoms with E-state index >= 15 is 0 Å². The largest absolute Gasteiger partial charge is 0.363 e. The Labute approximate surface area is 139 Å². The highest BCUT2D eigenvalue weighted by atomic mass is 16.5. The van der Waals surface area contributed by atoms with Crippen molar-refractivity contribution in [3.63, 3.8) is 0 Å². The molecule has 0 fully saturated rings. The molecule has 0 unspecified atom stereocenters. The average molecular weight is 325 g/mol. The summed E-state index contributed by atoms with van der Waals surface area (Å²) in [6, 6.07) is 3.74. The molecule has 3 aromatic rings. The smallest absolute Gasteiger partial charge is 0.258 e. The van der Waals surface area contributed by atoms with Crippen molar-refractivity contribution in [2.45, 2.75) is 45.7 Å². The van der Waals surface area contributed by atoms with Gasteiger partial charge in [0.15, 0.2) is 11.6 Å². The van der Waals surface area contributed by atoms with Gasteiger partial charge in [-0.3, -0.25) is 0 Å². The lowest BCUT2D eigenvalue weighted by Gasteiger charge is -2.08. The van der Waals surface area contributed by atoms with Crippen LogP contribution in [0.2, 0.25) is 0 Å². The number of fused-ring (bicyclic) bond motifs is 1. The second-order valence-electron chi connectivity index (χ2n) is 5.92. The van der Waals surface area contributed by atoms with Crippen molar-refractivity contribution in [3.05, 3.63) is 35.8 Å². The molecule has 0 aromatic carbocycles. The molecule has 3 aromatic heterocycles. The number of hydrogen-bond donors (Lipinski definition) is 1. The Morgan fingerprint density at radius 2 is 2.21 bits per heavy atom. The van der Waals surface area contributed by atoms with Crippen LogP contribution < -0.4 is 5.32 Å². The second-order valence-corrected chi connectivity index (χ2v) is 5.92. The molecule has 0 saturated carbocycles. The summed E-state index contributed by atoms with van der Waals surface area (Å²) in [5.74, 6) is 3.89. The Morgan fingerprint density at radius 3 is 3.08 bits per heavy atom. The van der Waals surface area contributed by atoms with E-state index in [2.05, 4.69) is 35.2 Å². The van der Waals surface area contributed by atoms with Crippen molar-refractivity contribution in [2.75, 3.05) is 5.32 Å². The molecule has 0 amide bonds. The molecule has 124 valence electrons. The highest BCUT2D eigenvalue weighted by Gasteiger charge is 2.14. The van der Waals surface area contributed by atoms with Gasteiger partial charge in [0, 0.05) is 24.7 Å². The fourth-order valence-corrected chi connectivity index (χ4v) is 2.92. The maximum atomic E-state index is 5.20. The Hall–Kier alpha value is -2.77. The van der Waals surface area contributed by atoms with Crippen LogP contribution in [0.1, 0.15) is 36.7 Å². The molecule has 0 spiro atoms. The summed E-state index contributed by atoms with van der Waals surface area (Å²) in [7, 11) is 0. The monoisotopic (exact) mass is 325 g/mol. The summed E-state index contributed by atoms with van der Waals surface area (Å²) in [6.45, 7) is 3.38. The first-order chi connectivity index (χ1) is 11.8. The number of pyridine rings is 1. The van der Waals surface area contributed by atoms with Crippen molar-refractivity contribution in [3.8, 4) is 11.5 Å². The van der Waals surface area contributed by atoms with Gasteiger partial charge >= 0.3 is 0 Å². The number of nitrogens with zero attached hydrogens (tertiary/aromatic N) is 6. The van der Waals surface area contributed by atoms with E-state index < -0.39 is 0 Å². The highest BCUT2D eigenvalue weighted by molar-refractivity contribution is 5.57. The van der Waals surface area contributed by atoms with E-state index in [-0.39, 0.29) is 0 Å². The van der Waals surface area contributed by atoms with Crippen molar-refractivity contribution < 1.29 is 4.52 Å². The van der Waals surface area contributed by atoms with E-state index in [1.165, 1.54) is 19.3 Å². The van der Waals surface area contributed by atoms with Gasteiger partial charge in [0.25, 0.3) is 5.89 Å². The summed E-state index contributed by atoms with van der Waals surface area (Å²) < 4.78 is 7.43. The molecule has 0 atom stereocenters. The molecule has 24 heavy (non-hydrogen) atoms. The first kappa shape index (κ1) is 14.8. The van der Waals surface area contributed by atoms with E-state index in [1.54, 1.807) is 13.1 Å². The third kappa shape index (κ3) is 2.99. The first-order valence-corrected chi connectivity index (χ1v) is 8.21. The van der Waals surface area contributed by atoms with Crippen LogP contribution in [0, 0.1) is 6.92 Å². The maximum Gasteiger partial charge on any atom is 0.258 e. The number of aromatic nitrogens is 6. The van der Waals surface area contributed by atoms with E-state index in [0.29, 0.717) is 18.3 Å². The summed E-state index contributed by atoms with van der Waals surface area (Å²) >= 11 is 0. The van der Waals surface area contributed by atoms with Crippen LogP contribution in [-0.2, 0) is 19.5 Å². The van der Waals surface area contributed by atoms with Crippen molar-refractivity contribution in [2.24, 2.45) is 0 Å². The van der Waals surface area contributed by atoms with Gasteiger partial charge in [-0.15, -0.1) is 10.2 Å². The van der Waals surface area contributed by atoms with Crippen LogP contribution in [0.25, 0.3) is 11.5 Å². The normalized spacial score (nSPS) is 14.2. The zero-order valence-corrected chi connectivity index (χ0v) is 13.6. The maximum absolute atomic E-state index is 5.20. The van der Waals surface area contributed by atoms with E-state index in [0.717, 1.165) is 36.0 Å². The van der Waals surface area contributed by atoms with Crippen LogP contribution in [-0.4, -0.2) is 29.9 Å². The van der Waals surface area contributed by atoms with Crippen LogP contribution in [0.15, 0.2) is 22.9 Å². The lowest BCUT2D eigenvalue weighted by atomic mass is 10.2. The van der Waals surface area contributed by atoms with Gasteiger partial charge in [0.2, 0.25) is 0 Å². The third-order valence-corrected chi connectivity index (χ3v) is 4.15. The van der Waals surface area contributed by atoms with E-state index in [1.807, 2.05) is 12.1 Å². The number of aryl methyl sites for hydroxylation is 2. The predicted octanol–water partition coefficient (Wildman–Crippen LogP) is 2.37. The standard InChI is InChI=1S/C16H19N7O/c1-11-19-16(24-22-11)12-6-7-17-13(9-12)18-10-15-21-20-14-5-3-2-4-8-23(14)15/h6-7,9H,2-5,8,10H2,1H3,(H,17,18). The Kier molecular flexibility index (Phi) is 3.94. The molecular formula is C16H19N7O. The van der Waals surface area contributed by atoms with Gasteiger partial charge < -0.3 is 14.4 Å². The summed E-state index contributed by atoms with van der Waals surface area (Å²) in [4.78, 5) is 8.58. The molecule has 8 nitrogen and oxygen atoms in total. The SMILES string of the molecule is Cc1noc(-c2ccnc(NCc3nnc4n3CCCCC4)c2)n1. The van der Waals surface area contributed by atoms with Crippen molar-refractivity contribution in [1.29, 1.82) is 0 Å². The van der Waals surface area contributed by atoms with Crippen molar-refractivity contribution >= 4 is 5.82 Å². The number of rotatable bonds is 4. The zero-order chi connectivity index (χ0) is 16.4. The Bertz CT molecular complexity index is 839. The van der Waals surface area contributed by atoms with Crippen LogP contribution >= 0.6 is 0 Å². The van der Waals surface area contributed by atoms with E-state index in [9.17, 15) is 0 Å². The fourth-order valence-electron chi connectivity index (χ4n) is 2.92. The number of hydrogen-bond acceptors (Lipinski definition) is 7. The summed E-state index contributed by atoms with van der Waals surface area (Å²) in [5, 5.41) is 15.8. The molecule has 1 aliphatic heterocycles. The summed E-state index contributed by atoms with van der Waals surface area (Å²) in [5.41, 5.74) is 0.841. The van der Waals surface area contributed by atoms with Crippen LogP contribution in [0.3, 0.4) is 0 Å². The minimum absolute atomic E-state index is 0.495. The molecule has 1 N–H and O–H groups in total. The van der Waals surface area contributed by atoms with Gasteiger partial charge in [-0.1, -0.05) is 11.6 Å². The number of nitrogens with one attached hydrogen (secondary N) is 1.